The van der Waals surface area contributed by atoms with Gasteiger partial charge in [0.1, 0.15) is 5.69 Å². The molecular formula is C7H14N4O. The number of methoxy groups -OCH3 is 1. The van der Waals surface area contributed by atoms with Crippen LogP contribution in [0, 0.1) is 0 Å². The van der Waals surface area contributed by atoms with Crippen molar-refractivity contribution in [1.29, 1.82) is 0 Å². The van der Waals surface area contributed by atoms with Crippen LogP contribution in [0.5, 0.6) is 5.88 Å². The fourth-order valence-electron chi connectivity index (χ4n) is 1.00. The molecule has 1 rings (SSSR count). The molecule has 12 heavy (non-hydrogen) atoms. The maximum absolute atomic E-state index is 5.62. The predicted octanol–water partition coefficient (Wildman–Crippen LogP) is 0.637. The van der Waals surface area contributed by atoms with Crippen molar-refractivity contribution in [2.45, 2.75) is 19.9 Å². The molecule has 0 aliphatic carbocycles. The highest BCUT2D eigenvalue weighted by Crippen LogP contribution is 2.29. The van der Waals surface area contributed by atoms with Gasteiger partial charge >= 0.3 is 0 Å². The second-order valence-electron chi connectivity index (χ2n) is 2.85. The number of ether oxygens (including phenoxy) is 1. The number of nitrogens with two attached hydrogens (primary N) is 2. The smallest absolute Gasteiger partial charge is 0.238 e. The minimum atomic E-state index is 0.194. The highest BCUT2D eigenvalue weighted by molar-refractivity contribution is 5.65. The van der Waals surface area contributed by atoms with Crippen LogP contribution in [-0.2, 0) is 0 Å². The number of nitrogen functional groups attached to an aromatic ring is 2. The molecule has 1 aromatic rings. The summed E-state index contributed by atoms with van der Waals surface area (Å²) in [6, 6.07) is 0.194. The van der Waals surface area contributed by atoms with E-state index in [1.54, 1.807) is 11.8 Å². The Morgan fingerprint density at radius 3 is 2.33 bits per heavy atom. The van der Waals surface area contributed by atoms with Crippen LogP contribution in [0.2, 0.25) is 0 Å². The van der Waals surface area contributed by atoms with Gasteiger partial charge in [-0.25, -0.2) is 4.68 Å². The van der Waals surface area contributed by atoms with Gasteiger partial charge in [0.25, 0.3) is 0 Å². The van der Waals surface area contributed by atoms with Crippen LogP contribution >= 0.6 is 0 Å². The van der Waals surface area contributed by atoms with Crippen molar-refractivity contribution in [2.75, 3.05) is 18.6 Å². The molecule has 0 aliphatic rings. The van der Waals surface area contributed by atoms with Gasteiger partial charge in [0.15, 0.2) is 5.82 Å². The first kappa shape index (κ1) is 8.70. The summed E-state index contributed by atoms with van der Waals surface area (Å²) in [5.41, 5.74) is 11.5. The minimum Gasteiger partial charge on any atom is -0.480 e. The second-order valence-corrected chi connectivity index (χ2v) is 2.85. The van der Waals surface area contributed by atoms with Gasteiger partial charge in [-0.15, -0.1) is 5.10 Å². The van der Waals surface area contributed by atoms with Crippen molar-refractivity contribution in [2.24, 2.45) is 0 Å². The number of rotatable bonds is 2. The highest BCUT2D eigenvalue weighted by Gasteiger charge is 2.14. The van der Waals surface area contributed by atoms with Gasteiger partial charge in [-0.2, -0.15) is 0 Å². The summed E-state index contributed by atoms with van der Waals surface area (Å²) in [5.74, 6) is 0.850. The van der Waals surface area contributed by atoms with Gasteiger partial charge in [-0.1, -0.05) is 0 Å². The summed E-state index contributed by atoms with van der Waals surface area (Å²) in [4.78, 5) is 0. The maximum atomic E-state index is 5.62. The van der Waals surface area contributed by atoms with E-state index < -0.39 is 0 Å². The molecule has 0 fully saturated rings. The van der Waals surface area contributed by atoms with Crippen molar-refractivity contribution in [3.8, 4) is 5.88 Å². The van der Waals surface area contributed by atoms with Gasteiger partial charge in [0, 0.05) is 0 Å². The molecule has 0 amide bonds. The lowest BCUT2D eigenvalue weighted by Crippen LogP contribution is -2.05. The molecule has 5 heteroatoms. The zero-order valence-corrected chi connectivity index (χ0v) is 7.53. The molecule has 0 spiro atoms. The third-order valence-corrected chi connectivity index (χ3v) is 1.61. The van der Waals surface area contributed by atoms with Crippen LogP contribution in [0.1, 0.15) is 19.9 Å². The largest absolute Gasteiger partial charge is 0.480 e. The Labute approximate surface area is 71.3 Å². The zero-order chi connectivity index (χ0) is 9.30. The number of hydrogen-bond donors (Lipinski definition) is 2. The van der Waals surface area contributed by atoms with E-state index in [1.807, 2.05) is 13.8 Å². The van der Waals surface area contributed by atoms with Crippen molar-refractivity contribution in [1.82, 2.24) is 9.78 Å². The summed E-state index contributed by atoms with van der Waals surface area (Å²) < 4.78 is 6.71. The van der Waals surface area contributed by atoms with Crippen LogP contribution in [0.3, 0.4) is 0 Å². The van der Waals surface area contributed by atoms with Crippen molar-refractivity contribution < 1.29 is 4.74 Å². The van der Waals surface area contributed by atoms with E-state index in [4.69, 9.17) is 16.2 Å². The van der Waals surface area contributed by atoms with Crippen LogP contribution in [0.4, 0.5) is 11.5 Å². The average Bonchev–Trinajstić information content (AvgIpc) is 2.29. The van der Waals surface area contributed by atoms with Crippen molar-refractivity contribution in [3.05, 3.63) is 0 Å². The van der Waals surface area contributed by atoms with Crippen LogP contribution < -0.4 is 16.2 Å². The third-order valence-electron chi connectivity index (χ3n) is 1.61. The minimum absolute atomic E-state index is 0.194. The van der Waals surface area contributed by atoms with E-state index in [9.17, 15) is 0 Å². The van der Waals surface area contributed by atoms with E-state index in [-0.39, 0.29) is 6.04 Å². The van der Waals surface area contributed by atoms with E-state index in [2.05, 4.69) is 5.10 Å². The van der Waals surface area contributed by atoms with E-state index >= 15 is 0 Å². The molecular weight excluding hydrogens is 156 g/mol. The Morgan fingerprint density at radius 1 is 1.42 bits per heavy atom. The molecule has 1 aromatic heterocycles. The number of hydrogen-bond acceptors (Lipinski definition) is 4. The first-order valence-corrected chi connectivity index (χ1v) is 3.75. The van der Waals surface area contributed by atoms with E-state index in [0.717, 1.165) is 0 Å². The average molecular weight is 170 g/mol. The third kappa shape index (κ3) is 1.17. The van der Waals surface area contributed by atoms with Crippen molar-refractivity contribution in [3.63, 3.8) is 0 Å². The van der Waals surface area contributed by atoms with Crippen LogP contribution in [0.25, 0.3) is 0 Å². The van der Waals surface area contributed by atoms with Crippen molar-refractivity contribution >= 4 is 11.5 Å². The van der Waals surface area contributed by atoms with Gasteiger partial charge < -0.3 is 16.2 Å². The number of nitrogens with zero attached hydrogens (tertiary/aromatic N) is 2. The molecule has 0 radical (unpaired) electrons. The van der Waals surface area contributed by atoms with Crippen LogP contribution in [0.15, 0.2) is 0 Å². The highest BCUT2D eigenvalue weighted by atomic mass is 16.5. The first-order valence-electron chi connectivity index (χ1n) is 3.75. The fourth-order valence-corrected chi connectivity index (χ4v) is 1.00. The topological polar surface area (TPSA) is 79.1 Å². The first-order chi connectivity index (χ1) is 5.57. The van der Waals surface area contributed by atoms with Gasteiger partial charge in [-0.3, -0.25) is 0 Å². The lowest BCUT2D eigenvalue weighted by molar-refractivity contribution is 0.347. The van der Waals surface area contributed by atoms with Gasteiger partial charge in [0.05, 0.1) is 13.2 Å². The number of aromatic nitrogens is 2. The molecule has 0 bridgehead atoms. The molecule has 5 nitrogen and oxygen atoms in total. The molecule has 1 heterocycles. The molecule has 0 saturated carbocycles. The lowest BCUT2D eigenvalue weighted by atomic mass is 10.4. The summed E-state index contributed by atoms with van der Waals surface area (Å²) >= 11 is 0. The monoisotopic (exact) mass is 170 g/mol. The zero-order valence-electron chi connectivity index (χ0n) is 7.53. The normalized spacial score (nSPS) is 10.7. The van der Waals surface area contributed by atoms with E-state index in [0.29, 0.717) is 17.4 Å². The number of anilines is 2. The summed E-state index contributed by atoms with van der Waals surface area (Å²) in [6.07, 6.45) is 0. The lowest BCUT2D eigenvalue weighted by Gasteiger charge is -2.08. The molecule has 0 aliphatic heterocycles. The van der Waals surface area contributed by atoms with Gasteiger partial charge in [0.2, 0.25) is 5.88 Å². The Balaban J connectivity index is 3.20. The Hall–Kier alpha value is -1.39. The van der Waals surface area contributed by atoms with Crippen LogP contribution in [-0.4, -0.2) is 16.9 Å². The Morgan fingerprint density at radius 2 is 2.00 bits per heavy atom. The Bertz CT molecular complexity index is 279. The summed E-state index contributed by atoms with van der Waals surface area (Å²) in [7, 11) is 1.55. The second kappa shape index (κ2) is 2.92. The van der Waals surface area contributed by atoms with E-state index in [1.165, 1.54) is 0 Å². The Kier molecular flexibility index (Phi) is 2.12. The fraction of sp³-hybridized carbons (Fsp3) is 0.571. The summed E-state index contributed by atoms with van der Waals surface area (Å²) in [5, 5.41) is 4.02. The summed E-state index contributed by atoms with van der Waals surface area (Å²) in [6.45, 7) is 3.96. The maximum Gasteiger partial charge on any atom is 0.238 e. The molecule has 0 atom stereocenters. The molecule has 0 aromatic carbocycles. The predicted molar refractivity (Wildman–Crippen MR) is 48.0 cm³/mol. The van der Waals surface area contributed by atoms with Gasteiger partial charge in [-0.05, 0) is 13.8 Å². The molecule has 4 N–H and O–H groups in total. The molecule has 0 unspecified atom stereocenters. The molecule has 0 saturated heterocycles. The quantitative estimate of drug-likeness (QED) is 0.682. The SMILES string of the molecule is COc1c(N)c(N)nn1C(C)C. The standard InChI is InChI=1S/C7H14N4O/c1-4(2)11-7(12-3)5(8)6(9)10-11/h4H,8H2,1-3H3,(H2,9,10). The molecule has 68 valence electrons.